The molecule has 4 rings (SSSR count). The van der Waals surface area contributed by atoms with Gasteiger partial charge in [-0.1, -0.05) is 72.8 Å². The highest BCUT2D eigenvalue weighted by atomic mass is 16.2. The third-order valence-corrected chi connectivity index (χ3v) is 5.71. The van der Waals surface area contributed by atoms with Crippen LogP contribution in [-0.2, 0) is 21.7 Å². The van der Waals surface area contributed by atoms with Gasteiger partial charge in [-0.15, -0.1) is 0 Å². The van der Waals surface area contributed by atoms with Gasteiger partial charge in [0.15, 0.2) is 0 Å². The maximum Gasteiger partial charge on any atom is 0.325 e. The molecule has 1 atom stereocenters. The SMILES string of the molecule is CC1(c2cccc3ccccc23)NC(=O)N(CCC(=O)NC(=O)NCc2ccccc2)C1=O. The number of benzene rings is 3. The Morgan fingerprint density at radius 1 is 0.939 bits per heavy atom. The van der Waals surface area contributed by atoms with Crippen LogP contribution in [-0.4, -0.2) is 35.3 Å². The fourth-order valence-electron chi connectivity index (χ4n) is 3.97. The number of imide groups is 2. The van der Waals surface area contributed by atoms with Gasteiger partial charge in [0.25, 0.3) is 5.91 Å². The smallest absolute Gasteiger partial charge is 0.325 e. The molecule has 1 aliphatic rings. The van der Waals surface area contributed by atoms with Gasteiger partial charge < -0.3 is 10.6 Å². The lowest BCUT2D eigenvalue weighted by Gasteiger charge is -2.24. The fourth-order valence-corrected chi connectivity index (χ4v) is 3.97. The first kappa shape index (κ1) is 22.0. The van der Waals surface area contributed by atoms with Gasteiger partial charge in [0.05, 0.1) is 0 Å². The molecule has 0 bridgehead atoms. The number of nitrogens with one attached hydrogen (secondary N) is 3. The molecular formula is C25H24N4O4. The number of nitrogens with zero attached hydrogens (tertiary/aromatic N) is 1. The molecule has 33 heavy (non-hydrogen) atoms. The summed E-state index contributed by atoms with van der Waals surface area (Å²) >= 11 is 0. The highest BCUT2D eigenvalue weighted by Crippen LogP contribution is 2.33. The molecule has 1 fully saturated rings. The fraction of sp³-hybridized carbons (Fsp3) is 0.200. The summed E-state index contributed by atoms with van der Waals surface area (Å²) in [5, 5.41) is 9.41. The van der Waals surface area contributed by atoms with Crippen molar-refractivity contribution >= 4 is 34.6 Å². The molecule has 1 saturated heterocycles. The summed E-state index contributed by atoms with van der Waals surface area (Å²) in [5.41, 5.74) is 0.333. The van der Waals surface area contributed by atoms with Crippen LogP contribution >= 0.6 is 0 Å². The van der Waals surface area contributed by atoms with Crippen molar-refractivity contribution in [1.29, 1.82) is 0 Å². The number of urea groups is 2. The van der Waals surface area contributed by atoms with Crippen LogP contribution in [0, 0.1) is 0 Å². The third kappa shape index (κ3) is 4.55. The van der Waals surface area contributed by atoms with Gasteiger partial charge in [0.1, 0.15) is 5.54 Å². The molecule has 0 saturated carbocycles. The first-order valence-corrected chi connectivity index (χ1v) is 10.6. The van der Waals surface area contributed by atoms with Crippen LogP contribution in [0.15, 0.2) is 72.8 Å². The van der Waals surface area contributed by atoms with Crippen LogP contribution in [0.2, 0.25) is 0 Å². The van der Waals surface area contributed by atoms with Crippen LogP contribution in [0.3, 0.4) is 0 Å². The number of rotatable bonds is 6. The second-order valence-electron chi connectivity index (χ2n) is 8.01. The van der Waals surface area contributed by atoms with Crippen LogP contribution in [0.25, 0.3) is 10.8 Å². The Hall–Kier alpha value is -4.20. The maximum atomic E-state index is 13.2. The summed E-state index contributed by atoms with van der Waals surface area (Å²) in [7, 11) is 0. The highest BCUT2D eigenvalue weighted by molar-refractivity contribution is 6.09. The van der Waals surface area contributed by atoms with E-state index in [1.165, 1.54) is 0 Å². The molecular weight excluding hydrogens is 420 g/mol. The molecule has 0 radical (unpaired) electrons. The molecule has 1 aliphatic heterocycles. The molecule has 1 heterocycles. The molecule has 3 aromatic carbocycles. The molecule has 1 unspecified atom stereocenters. The van der Waals surface area contributed by atoms with E-state index in [4.69, 9.17) is 0 Å². The van der Waals surface area contributed by atoms with Gasteiger partial charge in [0.2, 0.25) is 5.91 Å². The first-order chi connectivity index (χ1) is 15.9. The largest absolute Gasteiger partial charge is 0.334 e. The summed E-state index contributed by atoms with van der Waals surface area (Å²) in [6.07, 6.45) is -0.191. The number of hydrogen-bond donors (Lipinski definition) is 3. The molecule has 0 aromatic heterocycles. The standard InChI is InChI=1S/C25H24N4O4/c1-25(20-13-7-11-18-10-5-6-12-19(18)20)22(31)29(24(33)28-25)15-14-21(30)27-23(32)26-16-17-8-3-2-4-9-17/h2-13H,14-16H2,1H3,(H,28,33)(H2,26,27,30,32). The van der Waals surface area contributed by atoms with Crippen molar-refractivity contribution in [2.75, 3.05) is 6.54 Å². The van der Waals surface area contributed by atoms with Crippen LogP contribution in [0.1, 0.15) is 24.5 Å². The molecule has 3 aromatic rings. The molecule has 0 aliphatic carbocycles. The Bertz CT molecular complexity index is 1220. The number of fused-ring (bicyclic) bond motifs is 1. The summed E-state index contributed by atoms with van der Waals surface area (Å²) < 4.78 is 0. The van der Waals surface area contributed by atoms with E-state index in [0.29, 0.717) is 5.56 Å². The third-order valence-electron chi connectivity index (χ3n) is 5.71. The predicted octanol–water partition coefficient (Wildman–Crippen LogP) is 3.02. The van der Waals surface area contributed by atoms with E-state index in [9.17, 15) is 19.2 Å². The molecule has 3 N–H and O–H groups in total. The van der Waals surface area contributed by atoms with Gasteiger partial charge in [-0.25, -0.2) is 9.59 Å². The molecule has 8 nitrogen and oxygen atoms in total. The van der Waals surface area contributed by atoms with Gasteiger partial charge in [-0.05, 0) is 28.8 Å². The lowest BCUT2D eigenvalue weighted by atomic mass is 9.88. The Kier molecular flexibility index (Phi) is 6.08. The quantitative estimate of drug-likeness (QED) is 0.508. The molecule has 8 heteroatoms. The van der Waals surface area contributed by atoms with Crippen molar-refractivity contribution < 1.29 is 19.2 Å². The zero-order chi connectivity index (χ0) is 23.4. The number of hydrogen-bond acceptors (Lipinski definition) is 4. The van der Waals surface area contributed by atoms with Crippen molar-refractivity contribution in [2.45, 2.75) is 25.4 Å². The Morgan fingerprint density at radius 2 is 1.64 bits per heavy atom. The lowest BCUT2D eigenvalue weighted by Crippen LogP contribution is -2.42. The van der Waals surface area contributed by atoms with Gasteiger partial charge in [-0.2, -0.15) is 0 Å². The van der Waals surface area contributed by atoms with Crippen molar-refractivity contribution in [3.05, 3.63) is 83.9 Å². The summed E-state index contributed by atoms with van der Waals surface area (Å²) in [6, 6.07) is 21.3. The summed E-state index contributed by atoms with van der Waals surface area (Å²) in [6.45, 7) is 1.80. The minimum Gasteiger partial charge on any atom is -0.334 e. The first-order valence-electron chi connectivity index (χ1n) is 10.6. The van der Waals surface area contributed by atoms with Crippen molar-refractivity contribution in [2.24, 2.45) is 0 Å². The second kappa shape index (κ2) is 9.12. The van der Waals surface area contributed by atoms with Gasteiger partial charge >= 0.3 is 12.1 Å². The van der Waals surface area contributed by atoms with Crippen LogP contribution in [0.4, 0.5) is 9.59 Å². The average Bonchev–Trinajstić information content (AvgIpc) is 3.05. The number of carbonyl (C=O) groups is 4. The topological polar surface area (TPSA) is 108 Å². The molecule has 168 valence electrons. The zero-order valence-corrected chi connectivity index (χ0v) is 18.1. The molecule has 0 spiro atoms. The molecule has 6 amide bonds. The van der Waals surface area contributed by atoms with E-state index in [0.717, 1.165) is 21.2 Å². The van der Waals surface area contributed by atoms with E-state index >= 15 is 0 Å². The Morgan fingerprint density at radius 3 is 2.42 bits per heavy atom. The summed E-state index contributed by atoms with van der Waals surface area (Å²) in [4.78, 5) is 51.0. The average molecular weight is 444 g/mol. The number of amides is 6. The minimum atomic E-state index is -1.25. The van der Waals surface area contributed by atoms with E-state index in [2.05, 4.69) is 16.0 Å². The summed E-state index contributed by atoms with van der Waals surface area (Å²) in [5.74, 6) is -1.02. The van der Waals surface area contributed by atoms with Crippen LogP contribution < -0.4 is 16.0 Å². The Labute approximate surface area is 191 Å². The van der Waals surface area contributed by atoms with E-state index in [1.54, 1.807) is 6.92 Å². The van der Waals surface area contributed by atoms with Gasteiger partial charge in [0, 0.05) is 19.5 Å². The Balaban J connectivity index is 1.37. The van der Waals surface area contributed by atoms with Gasteiger partial charge in [-0.3, -0.25) is 19.8 Å². The normalized spacial score (nSPS) is 17.7. The van der Waals surface area contributed by atoms with E-state index in [1.807, 2.05) is 72.8 Å². The van der Waals surface area contributed by atoms with Crippen molar-refractivity contribution in [3.8, 4) is 0 Å². The van der Waals surface area contributed by atoms with E-state index in [-0.39, 0.29) is 19.5 Å². The predicted molar refractivity (Wildman–Crippen MR) is 123 cm³/mol. The number of carbonyl (C=O) groups excluding carboxylic acids is 4. The van der Waals surface area contributed by atoms with E-state index < -0.39 is 29.4 Å². The highest BCUT2D eigenvalue weighted by Gasteiger charge is 2.49. The lowest BCUT2D eigenvalue weighted by molar-refractivity contribution is -0.131. The van der Waals surface area contributed by atoms with Crippen molar-refractivity contribution in [1.82, 2.24) is 20.9 Å². The second-order valence-corrected chi connectivity index (χ2v) is 8.01. The minimum absolute atomic E-state index is 0.136. The monoisotopic (exact) mass is 444 g/mol. The van der Waals surface area contributed by atoms with Crippen molar-refractivity contribution in [3.63, 3.8) is 0 Å². The maximum absolute atomic E-state index is 13.2. The zero-order valence-electron chi connectivity index (χ0n) is 18.1. The van der Waals surface area contributed by atoms with Crippen LogP contribution in [0.5, 0.6) is 0 Å².